The monoisotopic (exact) mass is 366 g/mol. The normalized spacial score (nSPS) is 19.0. The molecule has 1 heterocycles. The molecule has 1 fully saturated rings. The second-order valence-electron chi connectivity index (χ2n) is 4.31. The maximum absolute atomic E-state index is 13.6. The van der Waals surface area contributed by atoms with Crippen LogP contribution in [0.15, 0.2) is 12.1 Å². The zero-order valence-corrected chi connectivity index (χ0v) is 12.0. The number of nitrogens with one attached hydrogen (secondary N) is 1. The van der Waals surface area contributed by atoms with E-state index in [-0.39, 0.29) is 15.2 Å². The van der Waals surface area contributed by atoms with Crippen LogP contribution in [0.4, 0.5) is 8.78 Å². The largest absolute Gasteiger partial charge is 0.337 e. The Hall–Kier alpha value is -0.760. The van der Waals surface area contributed by atoms with Crippen LogP contribution in [0.3, 0.4) is 0 Å². The number of carbonyl (C=O) groups is 1. The zero-order valence-electron chi connectivity index (χ0n) is 9.84. The summed E-state index contributed by atoms with van der Waals surface area (Å²) in [7, 11) is 1.65. The van der Waals surface area contributed by atoms with Crippen molar-refractivity contribution in [1.82, 2.24) is 10.2 Å². The lowest BCUT2D eigenvalue weighted by atomic mass is 10.1. The summed E-state index contributed by atoms with van der Waals surface area (Å²) >= 11 is 1.75. The van der Waals surface area contributed by atoms with Gasteiger partial charge in [-0.2, -0.15) is 0 Å². The number of carbonyl (C=O) groups excluding carboxylic acids is 1. The minimum absolute atomic E-state index is 0.0691. The standard InChI is InChI=1S/C12H13F2IN2O/c1-17(7-2-3-16-6-7)12(18)8-4-11(15)10(14)5-9(8)13/h4-5,7,16H,2-3,6H2,1H3/t7-/m0/s1. The molecule has 0 bridgehead atoms. The van der Waals surface area contributed by atoms with E-state index in [0.29, 0.717) is 6.54 Å². The van der Waals surface area contributed by atoms with Crippen molar-refractivity contribution < 1.29 is 13.6 Å². The Morgan fingerprint density at radius 2 is 2.17 bits per heavy atom. The lowest BCUT2D eigenvalue weighted by Crippen LogP contribution is -2.38. The predicted octanol–water partition coefficient (Wildman–Crippen LogP) is 2.00. The van der Waals surface area contributed by atoms with Crippen LogP contribution >= 0.6 is 22.6 Å². The maximum atomic E-state index is 13.6. The fourth-order valence-electron chi connectivity index (χ4n) is 2.01. The van der Waals surface area contributed by atoms with E-state index in [1.54, 1.807) is 29.6 Å². The number of rotatable bonds is 2. The van der Waals surface area contributed by atoms with Crippen molar-refractivity contribution >= 4 is 28.5 Å². The first-order valence-electron chi connectivity index (χ1n) is 5.63. The first-order valence-corrected chi connectivity index (χ1v) is 6.71. The summed E-state index contributed by atoms with van der Waals surface area (Å²) < 4.78 is 27.0. The fourth-order valence-corrected chi connectivity index (χ4v) is 2.48. The molecule has 0 aromatic heterocycles. The number of hydrogen-bond donors (Lipinski definition) is 1. The summed E-state index contributed by atoms with van der Waals surface area (Å²) in [5.41, 5.74) is -0.0739. The SMILES string of the molecule is CN(C(=O)c1cc(I)c(F)cc1F)[C@H]1CCNC1. The summed E-state index contributed by atoms with van der Waals surface area (Å²) in [6.07, 6.45) is 0.849. The smallest absolute Gasteiger partial charge is 0.256 e. The highest BCUT2D eigenvalue weighted by Crippen LogP contribution is 2.19. The van der Waals surface area contributed by atoms with E-state index in [2.05, 4.69) is 5.32 Å². The quantitative estimate of drug-likeness (QED) is 0.642. The van der Waals surface area contributed by atoms with Gasteiger partial charge in [0.15, 0.2) is 0 Å². The van der Waals surface area contributed by atoms with E-state index in [1.165, 1.54) is 11.0 Å². The van der Waals surface area contributed by atoms with Gasteiger partial charge in [0.25, 0.3) is 5.91 Å². The summed E-state index contributed by atoms with van der Waals surface area (Å²) in [5, 5.41) is 3.15. The van der Waals surface area contributed by atoms with Gasteiger partial charge in [-0.1, -0.05) is 0 Å². The minimum atomic E-state index is -0.810. The molecule has 0 aliphatic carbocycles. The molecule has 0 radical (unpaired) electrons. The fraction of sp³-hybridized carbons (Fsp3) is 0.417. The Labute approximate surface area is 118 Å². The Kier molecular flexibility index (Phi) is 4.16. The highest BCUT2D eigenvalue weighted by Gasteiger charge is 2.26. The molecule has 6 heteroatoms. The third kappa shape index (κ3) is 2.64. The Balaban J connectivity index is 2.25. The van der Waals surface area contributed by atoms with Gasteiger partial charge in [-0.05, 0) is 41.6 Å². The number of likely N-dealkylation sites (N-methyl/N-ethyl adjacent to an activating group) is 1. The molecule has 18 heavy (non-hydrogen) atoms. The molecule has 1 N–H and O–H groups in total. The molecule has 1 aliphatic rings. The maximum Gasteiger partial charge on any atom is 0.256 e. The molecule has 3 nitrogen and oxygen atoms in total. The first kappa shape index (κ1) is 13.7. The molecule has 1 saturated heterocycles. The molecule has 2 rings (SSSR count). The summed E-state index contributed by atoms with van der Waals surface area (Å²) in [6, 6.07) is 2.09. The highest BCUT2D eigenvalue weighted by atomic mass is 127. The molecule has 0 unspecified atom stereocenters. The van der Waals surface area contributed by atoms with Crippen LogP contribution in [-0.4, -0.2) is 37.0 Å². The van der Waals surface area contributed by atoms with Crippen LogP contribution in [0.2, 0.25) is 0 Å². The van der Waals surface area contributed by atoms with E-state index < -0.39 is 17.5 Å². The average Bonchev–Trinajstić information content (AvgIpc) is 2.85. The minimum Gasteiger partial charge on any atom is -0.337 e. The summed E-state index contributed by atoms with van der Waals surface area (Å²) in [5.74, 6) is -1.86. The zero-order chi connectivity index (χ0) is 13.3. The van der Waals surface area contributed by atoms with E-state index in [4.69, 9.17) is 0 Å². The van der Waals surface area contributed by atoms with Crippen molar-refractivity contribution in [2.75, 3.05) is 20.1 Å². The first-order chi connectivity index (χ1) is 8.50. The highest BCUT2D eigenvalue weighted by molar-refractivity contribution is 14.1. The number of amides is 1. The van der Waals surface area contributed by atoms with Crippen LogP contribution in [0.5, 0.6) is 0 Å². The van der Waals surface area contributed by atoms with E-state index >= 15 is 0 Å². The van der Waals surface area contributed by atoms with Gasteiger partial charge in [0.1, 0.15) is 11.6 Å². The van der Waals surface area contributed by atoms with Crippen LogP contribution in [-0.2, 0) is 0 Å². The Bertz CT molecular complexity index is 475. The van der Waals surface area contributed by atoms with E-state index in [0.717, 1.165) is 19.0 Å². The number of nitrogens with zero attached hydrogens (tertiary/aromatic N) is 1. The van der Waals surface area contributed by atoms with Crippen LogP contribution in [0, 0.1) is 15.2 Å². The van der Waals surface area contributed by atoms with Gasteiger partial charge >= 0.3 is 0 Å². The molecule has 1 amide bonds. The Morgan fingerprint density at radius 3 is 2.78 bits per heavy atom. The molecule has 1 atom stereocenters. The van der Waals surface area contributed by atoms with Crippen LogP contribution < -0.4 is 5.32 Å². The van der Waals surface area contributed by atoms with Gasteiger partial charge in [0.2, 0.25) is 0 Å². The molecule has 1 aliphatic heterocycles. The second kappa shape index (κ2) is 5.48. The summed E-state index contributed by atoms with van der Waals surface area (Å²) in [6.45, 7) is 1.56. The number of benzene rings is 1. The van der Waals surface area contributed by atoms with Gasteiger partial charge in [0.05, 0.1) is 5.56 Å². The molecular weight excluding hydrogens is 353 g/mol. The molecule has 98 valence electrons. The molecular formula is C12H13F2IN2O. The molecule has 0 spiro atoms. The van der Waals surface area contributed by atoms with Crippen molar-refractivity contribution in [2.45, 2.75) is 12.5 Å². The van der Waals surface area contributed by atoms with Crippen molar-refractivity contribution in [3.05, 3.63) is 32.9 Å². The molecule has 0 saturated carbocycles. The number of hydrogen-bond acceptors (Lipinski definition) is 2. The van der Waals surface area contributed by atoms with Gasteiger partial charge in [-0.25, -0.2) is 8.78 Å². The third-order valence-corrected chi connectivity index (χ3v) is 3.97. The van der Waals surface area contributed by atoms with E-state index in [1.807, 2.05) is 0 Å². The van der Waals surface area contributed by atoms with Crippen LogP contribution in [0.25, 0.3) is 0 Å². The lowest BCUT2D eigenvalue weighted by Gasteiger charge is -2.24. The van der Waals surface area contributed by atoms with Crippen LogP contribution in [0.1, 0.15) is 16.8 Å². The third-order valence-electron chi connectivity index (χ3n) is 3.14. The van der Waals surface area contributed by atoms with Crippen molar-refractivity contribution in [2.24, 2.45) is 0 Å². The lowest BCUT2D eigenvalue weighted by molar-refractivity contribution is 0.0739. The van der Waals surface area contributed by atoms with Gasteiger partial charge < -0.3 is 10.2 Å². The van der Waals surface area contributed by atoms with E-state index in [9.17, 15) is 13.6 Å². The van der Waals surface area contributed by atoms with Gasteiger partial charge in [-0.3, -0.25) is 4.79 Å². The average molecular weight is 366 g/mol. The topological polar surface area (TPSA) is 32.3 Å². The second-order valence-corrected chi connectivity index (χ2v) is 5.47. The van der Waals surface area contributed by atoms with Crippen molar-refractivity contribution in [3.8, 4) is 0 Å². The van der Waals surface area contributed by atoms with Gasteiger partial charge in [0, 0.05) is 29.3 Å². The predicted molar refractivity (Wildman–Crippen MR) is 72.4 cm³/mol. The van der Waals surface area contributed by atoms with Crippen molar-refractivity contribution in [3.63, 3.8) is 0 Å². The number of halogens is 3. The summed E-state index contributed by atoms with van der Waals surface area (Å²) in [4.78, 5) is 13.7. The van der Waals surface area contributed by atoms with Gasteiger partial charge in [-0.15, -0.1) is 0 Å². The molecule has 1 aromatic rings. The molecule has 1 aromatic carbocycles. The Morgan fingerprint density at radius 1 is 1.44 bits per heavy atom. The van der Waals surface area contributed by atoms with Crippen molar-refractivity contribution in [1.29, 1.82) is 0 Å².